The minimum atomic E-state index is -0.548. The van der Waals surface area contributed by atoms with E-state index in [1.54, 1.807) is 18.2 Å². The number of methoxy groups -OCH3 is 1. The van der Waals surface area contributed by atoms with Crippen molar-refractivity contribution in [2.75, 3.05) is 12.8 Å². The molecule has 5 heteroatoms. The summed E-state index contributed by atoms with van der Waals surface area (Å²) < 4.78 is 24.3. The van der Waals surface area contributed by atoms with Gasteiger partial charge in [-0.15, -0.1) is 0 Å². The molecule has 0 aliphatic carbocycles. The zero-order valence-electron chi connectivity index (χ0n) is 10.5. The first-order valence-electron chi connectivity index (χ1n) is 5.58. The summed E-state index contributed by atoms with van der Waals surface area (Å²) in [6.07, 6.45) is 0. The molecule has 0 bridgehead atoms. The van der Waals surface area contributed by atoms with E-state index in [4.69, 9.17) is 26.8 Å². The number of halogens is 2. The van der Waals surface area contributed by atoms with Gasteiger partial charge in [0.1, 0.15) is 11.5 Å². The average molecular weight is 282 g/mol. The van der Waals surface area contributed by atoms with Gasteiger partial charge in [-0.3, -0.25) is 0 Å². The molecule has 0 fully saturated rings. The second kappa shape index (κ2) is 5.36. The molecule has 2 aromatic rings. The van der Waals surface area contributed by atoms with Crippen LogP contribution in [-0.2, 0) is 0 Å². The maximum absolute atomic E-state index is 13.8. The number of aryl methyl sites for hydroxylation is 1. The fourth-order valence-corrected chi connectivity index (χ4v) is 1.88. The lowest BCUT2D eigenvalue weighted by atomic mass is 10.2. The van der Waals surface area contributed by atoms with E-state index < -0.39 is 5.82 Å². The van der Waals surface area contributed by atoms with E-state index in [2.05, 4.69) is 0 Å². The monoisotopic (exact) mass is 281 g/mol. The van der Waals surface area contributed by atoms with Gasteiger partial charge >= 0.3 is 0 Å². The van der Waals surface area contributed by atoms with Crippen molar-refractivity contribution in [3.05, 3.63) is 46.7 Å². The fraction of sp³-hybridized carbons (Fsp3) is 0.143. The van der Waals surface area contributed by atoms with Gasteiger partial charge in [0.25, 0.3) is 0 Å². The van der Waals surface area contributed by atoms with Crippen LogP contribution in [-0.4, -0.2) is 7.11 Å². The van der Waals surface area contributed by atoms with Crippen molar-refractivity contribution in [1.29, 1.82) is 0 Å². The van der Waals surface area contributed by atoms with Crippen molar-refractivity contribution in [1.82, 2.24) is 0 Å². The van der Waals surface area contributed by atoms with Crippen molar-refractivity contribution in [2.24, 2.45) is 0 Å². The van der Waals surface area contributed by atoms with Crippen molar-refractivity contribution >= 4 is 17.3 Å². The van der Waals surface area contributed by atoms with E-state index in [1.165, 1.54) is 19.2 Å². The first-order chi connectivity index (χ1) is 9.01. The van der Waals surface area contributed by atoms with Gasteiger partial charge in [0, 0.05) is 17.2 Å². The topological polar surface area (TPSA) is 44.5 Å². The molecule has 0 heterocycles. The van der Waals surface area contributed by atoms with Crippen LogP contribution >= 0.6 is 11.6 Å². The van der Waals surface area contributed by atoms with Crippen LogP contribution in [0.2, 0.25) is 5.02 Å². The minimum absolute atomic E-state index is 0.0523. The molecule has 0 spiro atoms. The Labute approximate surface area is 115 Å². The lowest BCUT2D eigenvalue weighted by molar-refractivity contribution is 0.402. The third-order valence-electron chi connectivity index (χ3n) is 2.64. The maximum Gasteiger partial charge on any atom is 0.168 e. The Hall–Kier alpha value is -1.94. The molecule has 100 valence electrons. The quantitative estimate of drug-likeness (QED) is 0.859. The van der Waals surface area contributed by atoms with E-state index in [9.17, 15) is 4.39 Å². The predicted molar refractivity (Wildman–Crippen MR) is 73.6 cm³/mol. The number of rotatable bonds is 3. The zero-order chi connectivity index (χ0) is 14.0. The van der Waals surface area contributed by atoms with Gasteiger partial charge in [0.2, 0.25) is 0 Å². The zero-order valence-corrected chi connectivity index (χ0v) is 11.3. The molecule has 0 unspecified atom stereocenters. The molecule has 19 heavy (non-hydrogen) atoms. The normalized spacial score (nSPS) is 10.3. The van der Waals surface area contributed by atoms with Crippen LogP contribution in [0.3, 0.4) is 0 Å². The molecule has 2 aromatic carbocycles. The molecule has 0 aromatic heterocycles. The Balaban J connectivity index is 2.37. The first kappa shape index (κ1) is 13.5. The second-order valence-electron chi connectivity index (χ2n) is 4.04. The van der Waals surface area contributed by atoms with E-state index in [0.717, 1.165) is 5.56 Å². The van der Waals surface area contributed by atoms with Crippen LogP contribution in [0, 0.1) is 12.7 Å². The molecule has 0 saturated heterocycles. The van der Waals surface area contributed by atoms with Gasteiger partial charge in [0.05, 0.1) is 12.8 Å². The number of benzene rings is 2. The Morgan fingerprint density at radius 2 is 1.84 bits per heavy atom. The molecular weight excluding hydrogens is 269 g/mol. The van der Waals surface area contributed by atoms with Crippen LogP contribution in [0.25, 0.3) is 0 Å². The number of nitrogen functional groups attached to an aromatic ring is 1. The maximum atomic E-state index is 13.8. The Morgan fingerprint density at radius 3 is 2.47 bits per heavy atom. The van der Waals surface area contributed by atoms with E-state index in [0.29, 0.717) is 16.5 Å². The SMILES string of the molecule is COc1cc(Oc2ccc(Cl)cc2C)c(F)cc1N. The summed E-state index contributed by atoms with van der Waals surface area (Å²) >= 11 is 5.85. The van der Waals surface area contributed by atoms with Crippen LogP contribution in [0.1, 0.15) is 5.56 Å². The van der Waals surface area contributed by atoms with Crippen LogP contribution < -0.4 is 15.2 Å². The summed E-state index contributed by atoms with van der Waals surface area (Å²) in [7, 11) is 1.46. The lowest BCUT2D eigenvalue weighted by Crippen LogP contribution is -1.97. The third-order valence-corrected chi connectivity index (χ3v) is 2.88. The smallest absolute Gasteiger partial charge is 0.168 e. The summed E-state index contributed by atoms with van der Waals surface area (Å²) in [5.41, 5.74) is 6.64. The third kappa shape index (κ3) is 2.90. The van der Waals surface area contributed by atoms with Crippen molar-refractivity contribution in [3.8, 4) is 17.2 Å². The molecular formula is C14H13ClFNO2. The molecule has 0 atom stereocenters. The molecule has 2 N–H and O–H groups in total. The van der Waals surface area contributed by atoms with Crippen LogP contribution in [0.4, 0.5) is 10.1 Å². The molecule has 0 radical (unpaired) electrons. The minimum Gasteiger partial charge on any atom is -0.494 e. The molecule has 0 amide bonds. The largest absolute Gasteiger partial charge is 0.494 e. The Kier molecular flexibility index (Phi) is 3.81. The summed E-state index contributed by atoms with van der Waals surface area (Å²) in [6.45, 7) is 1.83. The molecule has 0 aliphatic heterocycles. The summed E-state index contributed by atoms with van der Waals surface area (Å²) in [6, 6.07) is 7.68. The number of hydrogen-bond donors (Lipinski definition) is 1. The fourth-order valence-electron chi connectivity index (χ4n) is 1.65. The molecule has 2 rings (SSSR count). The average Bonchev–Trinajstić information content (AvgIpc) is 2.35. The van der Waals surface area contributed by atoms with Crippen LogP contribution in [0.5, 0.6) is 17.2 Å². The van der Waals surface area contributed by atoms with Crippen molar-refractivity contribution < 1.29 is 13.9 Å². The first-order valence-corrected chi connectivity index (χ1v) is 5.96. The van der Waals surface area contributed by atoms with Crippen molar-refractivity contribution in [2.45, 2.75) is 6.92 Å². The van der Waals surface area contributed by atoms with E-state index >= 15 is 0 Å². The van der Waals surface area contributed by atoms with Gasteiger partial charge in [-0.25, -0.2) is 4.39 Å². The highest BCUT2D eigenvalue weighted by Gasteiger charge is 2.11. The highest BCUT2D eigenvalue weighted by Crippen LogP contribution is 2.34. The highest BCUT2D eigenvalue weighted by atomic mass is 35.5. The highest BCUT2D eigenvalue weighted by molar-refractivity contribution is 6.30. The number of anilines is 1. The van der Waals surface area contributed by atoms with Crippen LogP contribution in [0.15, 0.2) is 30.3 Å². The summed E-state index contributed by atoms with van der Waals surface area (Å²) in [5.74, 6) is 0.391. The molecule has 0 saturated carbocycles. The van der Waals surface area contributed by atoms with Crippen molar-refractivity contribution in [3.63, 3.8) is 0 Å². The number of nitrogens with two attached hydrogens (primary N) is 1. The number of hydrogen-bond acceptors (Lipinski definition) is 3. The molecule has 3 nitrogen and oxygen atoms in total. The number of ether oxygens (including phenoxy) is 2. The van der Waals surface area contributed by atoms with Gasteiger partial charge in [-0.05, 0) is 30.7 Å². The summed E-state index contributed by atoms with van der Waals surface area (Å²) in [4.78, 5) is 0. The van der Waals surface area contributed by atoms with E-state index in [-0.39, 0.29) is 11.4 Å². The predicted octanol–water partition coefficient (Wildman–Crippen LogP) is 4.17. The Bertz CT molecular complexity index is 617. The lowest BCUT2D eigenvalue weighted by Gasteiger charge is -2.12. The van der Waals surface area contributed by atoms with Gasteiger partial charge < -0.3 is 15.2 Å². The summed E-state index contributed by atoms with van der Waals surface area (Å²) in [5, 5.41) is 0.597. The van der Waals surface area contributed by atoms with Gasteiger partial charge in [0.15, 0.2) is 11.6 Å². The molecule has 0 aliphatic rings. The van der Waals surface area contributed by atoms with Gasteiger partial charge in [-0.2, -0.15) is 0 Å². The van der Waals surface area contributed by atoms with Gasteiger partial charge in [-0.1, -0.05) is 11.6 Å². The Morgan fingerprint density at radius 1 is 1.11 bits per heavy atom. The van der Waals surface area contributed by atoms with E-state index in [1.807, 2.05) is 6.92 Å². The second-order valence-corrected chi connectivity index (χ2v) is 4.47. The standard InChI is InChI=1S/C14H13ClFNO2/c1-8-5-9(15)3-4-12(8)19-13-7-14(18-2)11(17)6-10(13)16/h3-7H,17H2,1-2H3.